The van der Waals surface area contributed by atoms with Gasteiger partial charge >= 0.3 is 0 Å². The van der Waals surface area contributed by atoms with Gasteiger partial charge in [-0.3, -0.25) is 9.39 Å². The summed E-state index contributed by atoms with van der Waals surface area (Å²) in [4.78, 5) is 4.27. The van der Waals surface area contributed by atoms with Crippen molar-refractivity contribution in [3.05, 3.63) is 30.2 Å². The second kappa shape index (κ2) is 7.58. The summed E-state index contributed by atoms with van der Waals surface area (Å²) >= 11 is 0. The van der Waals surface area contributed by atoms with Crippen molar-refractivity contribution in [3.63, 3.8) is 0 Å². The monoisotopic (exact) mass is 400 g/mol. The van der Waals surface area contributed by atoms with Crippen LogP contribution in [0.25, 0.3) is 5.65 Å². The van der Waals surface area contributed by atoms with Gasteiger partial charge in [0.05, 0.1) is 6.54 Å². The number of pyridine rings is 1. The molecular formula is C14H21IN6. The minimum atomic E-state index is 0. The fraction of sp³-hybridized carbons (Fsp3) is 0.500. The largest absolute Gasteiger partial charge is 0.354 e. The molecule has 2 heterocycles. The number of nitrogens with one attached hydrogen (secondary N) is 2. The Morgan fingerprint density at radius 3 is 2.90 bits per heavy atom. The zero-order chi connectivity index (χ0) is 13.8. The van der Waals surface area contributed by atoms with E-state index in [9.17, 15) is 0 Å². The smallest absolute Gasteiger partial charge is 0.191 e. The summed E-state index contributed by atoms with van der Waals surface area (Å²) in [6, 6.07) is 6.44. The molecule has 0 amide bonds. The number of halogens is 1. The Balaban J connectivity index is 0.00000161. The summed E-state index contributed by atoms with van der Waals surface area (Å²) in [5.41, 5.74) is 0.864. The highest BCUT2D eigenvalue weighted by atomic mass is 127. The Morgan fingerprint density at radius 1 is 1.33 bits per heavy atom. The molecular weight excluding hydrogens is 379 g/mol. The van der Waals surface area contributed by atoms with E-state index in [1.807, 2.05) is 28.8 Å². The molecule has 1 fully saturated rings. The van der Waals surface area contributed by atoms with Crippen LogP contribution in [0.2, 0.25) is 0 Å². The van der Waals surface area contributed by atoms with Crippen LogP contribution in [0.3, 0.4) is 0 Å². The molecule has 0 saturated heterocycles. The zero-order valence-electron chi connectivity index (χ0n) is 12.1. The molecule has 0 radical (unpaired) electrons. The fourth-order valence-corrected chi connectivity index (χ4v) is 2.63. The molecule has 7 heteroatoms. The SMILES string of the molecule is CN=C(NCc1nnc2ccccn12)NC1CCCC1.I. The number of hydrogen-bond donors (Lipinski definition) is 2. The highest BCUT2D eigenvalue weighted by Gasteiger charge is 2.16. The Kier molecular flexibility index (Phi) is 5.77. The van der Waals surface area contributed by atoms with E-state index >= 15 is 0 Å². The van der Waals surface area contributed by atoms with Gasteiger partial charge in [0.25, 0.3) is 0 Å². The summed E-state index contributed by atoms with van der Waals surface area (Å²) < 4.78 is 1.98. The van der Waals surface area contributed by atoms with Crippen LogP contribution in [-0.2, 0) is 6.54 Å². The number of aliphatic imine (C=N–C) groups is 1. The van der Waals surface area contributed by atoms with Crippen molar-refractivity contribution in [2.24, 2.45) is 4.99 Å². The number of fused-ring (bicyclic) bond motifs is 1. The van der Waals surface area contributed by atoms with Gasteiger partial charge in [0, 0.05) is 19.3 Å². The fourth-order valence-electron chi connectivity index (χ4n) is 2.63. The summed E-state index contributed by atoms with van der Waals surface area (Å²) in [5.74, 6) is 1.72. The first-order valence-corrected chi connectivity index (χ1v) is 7.12. The second-order valence-electron chi connectivity index (χ2n) is 5.10. The third-order valence-corrected chi connectivity index (χ3v) is 3.72. The number of aromatic nitrogens is 3. The highest BCUT2D eigenvalue weighted by Crippen LogP contribution is 2.17. The van der Waals surface area contributed by atoms with Crippen molar-refractivity contribution in [1.29, 1.82) is 0 Å². The van der Waals surface area contributed by atoms with Gasteiger partial charge in [-0.1, -0.05) is 18.9 Å². The maximum atomic E-state index is 4.27. The van der Waals surface area contributed by atoms with Crippen molar-refractivity contribution in [1.82, 2.24) is 25.2 Å². The topological polar surface area (TPSA) is 66.6 Å². The van der Waals surface area contributed by atoms with Crippen LogP contribution in [0.15, 0.2) is 29.4 Å². The maximum Gasteiger partial charge on any atom is 0.191 e. The van der Waals surface area contributed by atoms with Crippen LogP contribution >= 0.6 is 24.0 Å². The molecule has 0 spiro atoms. The average molecular weight is 400 g/mol. The predicted octanol–water partition coefficient (Wildman–Crippen LogP) is 1.95. The first kappa shape index (κ1) is 16.0. The van der Waals surface area contributed by atoms with Crippen molar-refractivity contribution in [3.8, 4) is 0 Å². The summed E-state index contributed by atoms with van der Waals surface area (Å²) in [6.45, 7) is 0.609. The Morgan fingerprint density at radius 2 is 2.14 bits per heavy atom. The molecule has 2 N–H and O–H groups in total. The van der Waals surface area contributed by atoms with Crippen molar-refractivity contribution in [2.45, 2.75) is 38.3 Å². The number of guanidine groups is 1. The van der Waals surface area contributed by atoms with Crippen LogP contribution in [-0.4, -0.2) is 33.6 Å². The minimum Gasteiger partial charge on any atom is -0.354 e. The Bertz CT molecular complexity index is 602. The Labute approximate surface area is 141 Å². The molecule has 6 nitrogen and oxygen atoms in total. The molecule has 114 valence electrons. The number of hydrogen-bond acceptors (Lipinski definition) is 3. The van der Waals surface area contributed by atoms with E-state index in [0.717, 1.165) is 17.4 Å². The van der Waals surface area contributed by atoms with E-state index in [1.54, 1.807) is 7.05 Å². The molecule has 21 heavy (non-hydrogen) atoms. The molecule has 0 atom stereocenters. The van der Waals surface area contributed by atoms with Crippen LogP contribution in [0.4, 0.5) is 0 Å². The molecule has 0 bridgehead atoms. The van der Waals surface area contributed by atoms with Gasteiger partial charge in [-0.25, -0.2) is 0 Å². The van der Waals surface area contributed by atoms with Crippen LogP contribution in [0.5, 0.6) is 0 Å². The molecule has 0 unspecified atom stereocenters. The molecule has 0 aromatic carbocycles. The molecule has 1 aliphatic carbocycles. The maximum absolute atomic E-state index is 4.27. The van der Waals surface area contributed by atoms with Gasteiger partial charge in [0.2, 0.25) is 0 Å². The van der Waals surface area contributed by atoms with E-state index in [4.69, 9.17) is 0 Å². The van der Waals surface area contributed by atoms with Crippen LogP contribution < -0.4 is 10.6 Å². The molecule has 1 aliphatic rings. The standard InChI is InChI=1S/C14H20N6.HI/c1-15-14(17-11-6-2-3-7-11)16-10-13-19-18-12-8-4-5-9-20(12)13;/h4-5,8-9,11H,2-3,6-7,10H2,1H3,(H2,15,16,17);1H. The molecule has 2 aromatic heterocycles. The average Bonchev–Trinajstić information content (AvgIpc) is 3.13. The Hall–Kier alpha value is -1.38. The lowest BCUT2D eigenvalue weighted by molar-refractivity contribution is 0.610. The summed E-state index contributed by atoms with van der Waals surface area (Å²) in [5, 5.41) is 15.1. The van der Waals surface area contributed by atoms with Gasteiger partial charge in [0.15, 0.2) is 17.4 Å². The van der Waals surface area contributed by atoms with Gasteiger partial charge in [-0.2, -0.15) is 0 Å². The third-order valence-electron chi connectivity index (χ3n) is 3.72. The minimum absolute atomic E-state index is 0. The molecule has 0 aliphatic heterocycles. The van der Waals surface area contributed by atoms with Crippen LogP contribution in [0, 0.1) is 0 Å². The van der Waals surface area contributed by atoms with E-state index in [2.05, 4.69) is 25.8 Å². The van der Waals surface area contributed by atoms with Gasteiger partial charge in [-0.05, 0) is 25.0 Å². The van der Waals surface area contributed by atoms with E-state index in [1.165, 1.54) is 25.7 Å². The van der Waals surface area contributed by atoms with Crippen molar-refractivity contribution >= 4 is 35.6 Å². The van der Waals surface area contributed by atoms with Gasteiger partial charge in [0.1, 0.15) is 0 Å². The summed E-state index contributed by atoms with van der Waals surface area (Å²) in [7, 11) is 1.80. The van der Waals surface area contributed by atoms with Crippen molar-refractivity contribution < 1.29 is 0 Å². The first-order chi connectivity index (χ1) is 9.86. The second-order valence-corrected chi connectivity index (χ2v) is 5.10. The van der Waals surface area contributed by atoms with Gasteiger partial charge < -0.3 is 10.6 Å². The lowest BCUT2D eigenvalue weighted by atomic mass is 10.2. The number of nitrogens with zero attached hydrogens (tertiary/aromatic N) is 4. The number of rotatable bonds is 3. The highest BCUT2D eigenvalue weighted by molar-refractivity contribution is 14.0. The zero-order valence-corrected chi connectivity index (χ0v) is 14.4. The molecule has 2 aromatic rings. The summed E-state index contributed by atoms with van der Waals surface area (Å²) in [6.07, 6.45) is 7.05. The quantitative estimate of drug-likeness (QED) is 0.470. The lowest BCUT2D eigenvalue weighted by Gasteiger charge is -2.16. The van der Waals surface area contributed by atoms with E-state index < -0.39 is 0 Å². The third kappa shape index (κ3) is 3.84. The van der Waals surface area contributed by atoms with E-state index in [-0.39, 0.29) is 24.0 Å². The van der Waals surface area contributed by atoms with E-state index in [0.29, 0.717) is 12.6 Å². The lowest BCUT2D eigenvalue weighted by Crippen LogP contribution is -2.42. The molecule has 3 rings (SSSR count). The van der Waals surface area contributed by atoms with Gasteiger partial charge in [-0.15, -0.1) is 34.2 Å². The molecule has 1 saturated carbocycles. The van der Waals surface area contributed by atoms with Crippen LogP contribution in [0.1, 0.15) is 31.5 Å². The normalized spacial score (nSPS) is 16.0. The van der Waals surface area contributed by atoms with Crippen molar-refractivity contribution in [2.75, 3.05) is 7.05 Å². The predicted molar refractivity (Wildman–Crippen MR) is 94.0 cm³/mol. The first-order valence-electron chi connectivity index (χ1n) is 7.12.